The molecule has 0 spiro atoms. The maximum absolute atomic E-state index is 14.1. The third kappa shape index (κ3) is 3.18. The Morgan fingerprint density at radius 3 is 2.57 bits per heavy atom. The first-order valence-corrected chi connectivity index (χ1v) is 6.34. The Balaban J connectivity index is 2.30. The van der Waals surface area contributed by atoms with Crippen LogP contribution < -0.4 is 14.2 Å². The highest BCUT2D eigenvalue weighted by Crippen LogP contribution is 2.35. The second-order valence-electron chi connectivity index (χ2n) is 4.39. The van der Waals surface area contributed by atoms with E-state index < -0.39 is 11.9 Å². The number of aromatic hydroxyl groups is 1. The zero-order valence-electron chi connectivity index (χ0n) is 12.0. The monoisotopic (exact) mass is 291 g/mol. The summed E-state index contributed by atoms with van der Waals surface area (Å²) < 4.78 is 29.9. The van der Waals surface area contributed by atoms with Crippen LogP contribution in [-0.2, 0) is 0 Å². The van der Waals surface area contributed by atoms with E-state index in [1.807, 2.05) is 0 Å². The lowest BCUT2D eigenvalue weighted by Gasteiger charge is -2.19. The summed E-state index contributed by atoms with van der Waals surface area (Å²) in [5.41, 5.74) is 0.541. The first-order valence-electron chi connectivity index (χ1n) is 6.34. The molecule has 0 aromatic heterocycles. The molecule has 2 aromatic rings. The van der Waals surface area contributed by atoms with Gasteiger partial charge in [-0.25, -0.2) is 0 Å². The second-order valence-corrected chi connectivity index (χ2v) is 4.39. The molecule has 0 aliphatic heterocycles. The van der Waals surface area contributed by atoms with E-state index in [-0.39, 0.29) is 17.2 Å². The molecule has 4 nitrogen and oxygen atoms in total. The Morgan fingerprint density at radius 2 is 1.95 bits per heavy atom. The average Bonchev–Trinajstić information content (AvgIpc) is 2.46. The fraction of sp³-hybridized carbons (Fsp3) is 0.250. The Labute approximate surface area is 122 Å². The van der Waals surface area contributed by atoms with Gasteiger partial charge in [-0.15, -0.1) is 0 Å². The predicted octanol–water partition coefficient (Wildman–Crippen LogP) is 3.49. The van der Waals surface area contributed by atoms with Crippen molar-refractivity contribution in [2.24, 2.45) is 0 Å². The van der Waals surface area contributed by atoms with Crippen LogP contribution in [0.5, 0.6) is 23.0 Å². The quantitative estimate of drug-likeness (QED) is 0.916. The number of phenols is 1. The maximum Gasteiger partial charge on any atom is 0.207 e. The number of phenolic OH excluding ortho intramolecular Hbond substituents is 1. The zero-order valence-corrected chi connectivity index (χ0v) is 12.0. The molecule has 0 fully saturated rings. The number of halogens is 1. The number of hydrogen-bond acceptors (Lipinski definition) is 4. The van der Waals surface area contributed by atoms with Gasteiger partial charge in [-0.1, -0.05) is 0 Å². The lowest BCUT2D eigenvalue weighted by Crippen LogP contribution is -2.07. The van der Waals surface area contributed by atoms with Crippen molar-refractivity contribution in [3.05, 3.63) is 47.8 Å². The lowest BCUT2D eigenvalue weighted by molar-refractivity contribution is 0.217. The highest BCUT2D eigenvalue weighted by atomic mass is 19.1. The molecular weight excluding hydrogens is 275 g/mol. The molecule has 2 rings (SSSR count). The van der Waals surface area contributed by atoms with Crippen LogP contribution in [0.25, 0.3) is 0 Å². The molecule has 1 N–H and O–H groups in total. The minimum absolute atomic E-state index is 0.0487. The van der Waals surface area contributed by atoms with E-state index in [1.54, 1.807) is 19.1 Å². The lowest BCUT2D eigenvalue weighted by atomic mass is 10.1. The van der Waals surface area contributed by atoms with Crippen molar-refractivity contribution in [3.8, 4) is 23.0 Å². The van der Waals surface area contributed by atoms with Crippen LogP contribution in [-0.4, -0.2) is 19.3 Å². The van der Waals surface area contributed by atoms with E-state index in [0.29, 0.717) is 11.3 Å². The van der Waals surface area contributed by atoms with Gasteiger partial charge in [0.15, 0.2) is 11.5 Å². The van der Waals surface area contributed by atoms with Gasteiger partial charge in [0, 0.05) is 11.6 Å². The number of benzene rings is 2. The van der Waals surface area contributed by atoms with Crippen molar-refractivity contribution >= 4 is 0 Å². The molecular formula is C16H16FO4. The molecule has 2 aromatic carbocycles. The summed E-state index contributed by atoms with van der Waals surface area (Å²) in [6.07, 6.45) is -0.476. The second kappa shape index (κ2) is 6.35. The summed E-state index contributed by atoms with van der Waals surface area (Å²) in [4.78, 5) is 0. The van der Waals surface area contributed by atoms with Crippen LogP contribution in [0, 0.1) is 11.9 Å². The molecule has 0 amide bonds. The Kier molecular flexibility index (Phi) is 4.52. The van der Waals surface area contributed by atoms with E-state index in [0.717, 1.165) is 0 Å². The standard InChI is InChI=1S/C16H16FO4/c1-10(21-12-6-4-5-11(18)9-12)13-7-8-14(19-2)15(17)16(13)20-3/h5-10,18H,1-3H3. The zero-order chi connectivity index (χ0) is 15.4. The minimum Gasteiger partial charge on any atom is -0.508 e. The predicted molar refractivity (Wildman–Crippen MR) is 75.5 cm³/mol. The van der Waals surface area contributed by atoms with Gasteiger partial charge in [-0.05, 0) is 37.3 Å². The van der Waals surface area contributed by atoms with Crippen molar-refractivity contribution < 1.29 is 23.7 Å². The molecule has 0 saturated heterocycles. The van der Waals surface area contributed by atoms with E-state index in [9.17, 15) is 9.50 Å². The van der Waals surface area contributed by atoms with E-state index in [1.165, 1.54) is 32.4 Å². The van der Waals surface area contributed by atoms with Crippen LogP contribution >= 0.6 is 0 Å². The topological polar surface area (TPSA) is 47.9 Å². The Hall–Kier alpha value is -2.43. The van der Waals surface area contributed by atoms with Crippen LogP contribution in [0.1, 0.15) is 18.6 Å². The summed E-state index contributed by atoms with van der Waals surface area (Å²) >= 11 is 0. The van der Waals surface area contributed by atoms with Gasteiger partial charge in [0.25, 0.3) is 0 Å². The van der Waals surface area contributed by atoms with Crippen LogP contribution in [0.2, 0.25) is 0 Å². The summed E-state index contributed by atoms with van der Waals surface area (Å²) in [6, 6.07) is 10.4. The molecule has 21 heavy (non-hydrogen) atoms. The molecule has 1 unspecified atom stereocenters. The molecule has 1 radical (unpaired) electrons. The smallest absolute Gasteiger partial charge is 0.207 e. The first kappa shape index (κ1) is 15.0. The largest absolute Gasteiger partial charge is 0.508 e. The van der Waals surface area contributed by atoms with Gasteiger partial charge < -0.3 is 19.3 Å². The number of ether oxygens (including phenoxy) is 3. The maximum atomic E-state index is 14.1. The van der Waals surface area contributed by atoms with Gasteiger partial charge >= 0.3 is 0 Å². The van der Waals surface area contributed by atoms with Gasteiger partial charge in [0.1, 0.15) is 17.6 Å². The Morgan fingerprint density at radius 1 is 1.19 bits per heavy atom. The fourth-order valence-electron chi connectivity index (χ4n) is 2.01. The highest BCUT2D eigenvalue weighted by Gasteiger charge is 2.20. The van der Waals surface area contributed by atoms with E-state index >= 15 is 0 Å². The summed E-state index contributed by atoms with van der Waals surface area (Å²) in [5, 5.41) is 9.40. The van der Waals surface area contributed by atoms with E-state index in [2.05, 4.69) is 6.07 Å². The van der Waals surface area contributed by atoms with Crippen molar-refractivity contribution in [2.45, 2.75) is 13.0 Å². The van der Waals surface area contributed by atoms with Gasteiger partial charge in [0.2, 0.25) is 5.82 Å². The molecule has 111 valence electrons. The molecule has 5 heteroatoms. The fourth-order valence-corrected chi connectivity index (χ4v) is 2.01. The van der Waals surface area contributed by atoms with Gasteiger partial charge in [-0.2, -0.15) is 4.39 Å². The number of methoxy groups -OCH3 is 2. The molecule has 0 bridgehead atoms. The van der Waals surface area contributed by atoms with Crippen LogP contribution in [0.3, 0.4) is 0 Å². The molecule has 0 aliphatic rings. The molecule has 1 atom stereocenters. The first-order chi connectivity index (χ1) is 10.1. The summed E-state index contributed by atoms with van der Waals surface area (Å²) in [7, 11) is 2.77. The average molecular weight is 291 g/mol. The molecule has 0 saturated carbocycles. The molecule has 0 heterocycles. The van der Waals surface area contributed by atoms with Crippen LogP contribution in [0.15, 0.2) is 30.3 Å². The number of hydrogen-bond donors (Lipinski definition) is 1. The van der Waals surface area contributed by atoms with Gasteiger partial charge in [0.05, 0.1) is 14.2 Å². The Bertz CT molecular complexity index is 628. The summed E-state index contributed by atoms with van der Waals surface area (Å²) in [6.45, 7) is 1.76. The van der Waals surface area contributed by atoms with Gasteiger partial charge in [-0.3, -0.25) is 0 Å². The SMILES string of the molecule is COc1ccc(C(C)Oc2c[c]cc(O)c2)c(OC)c1F. The van der Waals surface area contributed by atoms with E-state index in [4.69, 9.17) is 14.2 Å². The number of rotatable bonds is 5. The normalized spacial score (nSPS) is 11.8. The van der Waals surface area contributed by atoms with Crippen molar-refractivity contribution in [2.75, 3.05) is 14.2 Å². The highest BCUT2D eigenvalue weighted by molar-refractivity contribution is 5.44. The molecule has 0 aliphatic carbocycles. The summed E-state index contributed by atoms with van der Waals surface area (Å²) in [5.74, 6) is 0.0863. The van der Waals surface area contributed by atoms with Crippen molar-refractivity contribution in [1.82, 2.24) is 0 Å². The minimum atomic E-state index is -0.574. The third-order valence-corrected chi connectivity index (χ3v) is 3.01. The van der Waals surface area contributed by atoms with Crippen LogP contribution in [0.4, 0.5) is 4.39 Å². The third-order valence-electron chi connectivity index (χ3n) is 3.01. The van der Waals surface area contributed by atoms with Crippen molar-refractivity contribution in [3.63, 3.8) is 0 Å². The van der Waals surface area contributed by atoms with Crippen molar-refractivity contribution in [1.29, 1.82) is 0 Å².